The maximum Gasteiger partial charge on any atom is 0.303 e. The van der Waals surface area contributed by atoms with Gasteiger partial charge in [0.05, 0.1) is 6.61 Å². The average molecular weight is 262 g/mol. The molecule has 0 bridgehead atoms. The van der Waals surface area contributed by atoms with Crippen LogP contribution in [0.4, 0.5) is 0 Å². The summed E-state index contributed by atoms with van der Waals surface area (Å²) in [6, 6.07) is 0. The number of hydrogen-bond donors (Lipinski definition) is 0. The van der Waals surface area contributed by atoms with E-state index in [0.717, 1.165) is 0 Å². The number of ether oxygens (including phenoxy) is 6. The second kappa shape index (κ2) is 5.94. The molecule has 18 heavy (non-hydrogen) atoms. The predicted octanol–water partition coefficient (Wildman–Crippen LogP) is -0.323. The van der Waals surface area contributed by atoms with Gasteiger partial charge in [0.1, 0.15) is 25.1 Å². The lowest BCUT2D eigenvalue weighted by Gasteiger charge is -2.46. The highest BCUT2D eigenvalue weighted by Crippen LogP contribution is 2.30. The van der Waals surface area contributed by atoms with Gasteiger partial charge in [-0.2, -0.15) is 0 Å². The van der Waals surface area contributed by atoms with E-state index in [0.29, 0.717) is 6.61 Å². The zero-order valence-corrected chi connectivity index (χ0v) is 10.7. The van der Waals surface area contributed by atoms with Gasteiger partial charge in [0.2, 0.25) is 0 Å². The van der Waals surface area contributed by atoms with Crippen molar-refractivity contribution in [1.82, 2.24) is 0 Å². The van der Waals surface area contributed by atoms with E-state index < -0.39 is 24.5 Å². The Morgan fingerprint density at radius 3 is 2.61 bits per heavy atom. The normalized spacial score (nSPS) is 40.1. The molecular formula is C11H18O7. The van der Waals surface area contributed by atoms with Crippen LogP contribution in [-0.2, 0) is 33.2 Å². The Hall–Kier alpha value is -0.730. The van der Waals surface area contributed by atoms with E-state index in [2.05, 4.69) is 0 Å². The molecule has 2 saturated heterocycles. The van der Waals surface area contributed by atoms with Crippen molar-refractivity contribution < 1.29 is 33.2 Å². The largest absolute Gasteiger partial charge is 0.454 e. The zero-order valence-electron chi connectivity index (χ0n) is 10.7. The van der Waals surface area contributed by atoms with Crippen molar-refractivity contribution in [2.24, 2.45) is 0 Å². The van der Waals surface area contributed by atoms with Crippen LogP contribution in [0.1, 0.15) is 6.92 Å². The summed E-state index contributed by atoms with van der Waals surface area (Å²) in [5, 5.41) is 0. The van der Waals surface area contributed by atoms with Gasteiger partial charge in [0.15, 0.2) is 12.4 Å². The maximum absolute atomic E-state index is 11.1. The molecule has 7 nitrogen and oxygen atoms in total. The van der Waals surface area contributed by atoms with Crippen molar-refractivity contribution in [2.75, 3.05) is 27.6 Å². The molecule has 0 saturated carbocycles. The summed E-state index contributed by atoms with van der Waals surface area (Å²) in [5.41, 5.74) is 0. The summed E-state index contributed by atoms with van der Waals surface area (Å²) in [6.45, 7) is 1.91. The lowest BCUT2D eigenvalue weighted by atomic mass is 9.98. The summed E-state index contributed by atoms with van der Waals surface area (Å²) >= 11 is 0. The number of hydrogen-bond acceptors (Lipinski definition) is 7. The zero-order chi connectivity index (χ0) is 13.1. The summed E-state index contributed by atoms with van der Waals surface area (Å²) < 4.78 is 32.1. The van der Waals surface area contributed by atoms with Crippen LogP contribution in [0.15, 0.2) is 0 Å². The fraction of sp³-hybridized carbons (Fsp3) is 0.909. The molecule has 2 heterocycles. The molecule has 0 aromatic carbocycles. The minimum atomic E-state index is -0.689. The Morgan fingerprint density at radius 2 is 2.00 bits per heavy atom. The van der Waals surface area contributed by atoms with E-state index in [1.165, 1.54) is 21.1 Å². The van der Waals surface area contributed by atoms with E-state index in [1.54, 1.807) is 0 Å². The first-order valence-corrected chi connectivity index (χ1v) is 5.75. The second-order valence-electron chi connectivity index (χ2n) is 4.17. The third-order valence-corrected chi connectivity index (χ3v) is 3.02. The summed E-state index contributed by atoms with van der Waals surface area (Å²) in [5.74, 6) is -0.418. The minimum absolute atomic E-state index is 0.175. The molecule has 0 amide bonds. The van der Waals surface area contributed by atoms with Gasteiger partial charge in [0, 0.05) is 21.1 Å². The molecule has 7 heteroatoms. The number of esters is 1. The monoisotopic (exact) mass is 262 g/mol. The standard InChI is InChI=1S/C11H18O7/c1-6(12)17-10-9(13-2)8-7(4-15-5-16-8)18-11(10)14-3/h7-11H,4-5H2,1-3H3/t7-,8+,9-,10+,11-/m1/s1. The molecule has 2 rings (SSSR count). The molecule has 0 spiro atoms. The van der Waals surface area contributed by atoms with Crippen LogP contribution in [0.25, 0.3) is 0 Å². The van der Waals surface area contributed by atoms with Crippen LogP contribution in [-0.4, -0.2) is 64.3 Å². The molecule has 0 aromatic rings. The lowest BCUT2D eigenvalue weighted by molar-refractivity contribution is -0.338. The molecule has 104 valence electrons. The molecule has 5 atom stereocenters. The first-order valence-electron chi connectivity index (χ1n) is 5.75. The Morgan fingerprint density at radius 1 is 1.22 bits per heavy atom. The van der Waals surface area contributed by atoms with Crippen molar-refractivity contribution in [2.45, 2.75) is 37.6 Å². The fourth-order valence-electron chi connectivity index (χ4n) is 2.28. The minimum Gasteiger partial charge on any atom is -0.454 e. The molecule has 0 radical (unpaired) electrons. The van der Waals surface area contributed by atoms with Crippen LogP contribution in [0, 0.1) is 0 Å². The quantitative estimate of drug-likeness (QED) is 0.645. The van der Waals surface area contributed by atoms with E-state index in [9.17, 15) is 4.79 Å². The number of carbonyl (C=O) groups excluding carboxylic acids is 1. The van der Waals surface area contributed by atoms with Gasteiger partial charge in [-0.3, -0.25) is 4.79 Å². The first kappa shape index (κ1) is 13.7. The molecule has 2 aliphatic heterocycles. The van der Waals surface area contributed by atoms with E-state index in [-0.39, 0.29) is 19.0 Å². The van der Waals surface area contributed by atoms with E-state index >= 15 is 0 Å². The fourth-order valence-corrected chi connectivity index (χ4v) is 2.28. The molecule has 0 N–H and O–H groups in total. The second-order valence-corrected chi connectivity index (χ2v) is 4.17. The Bertz CT molecular complexity index is 295. The molecular weight excluding hydrogens is 244 g/mol. The van der Waals surface area contributed by atoms with Gasteiger partial charge in [-0.25, -0.2) is 0 Å². The van der Waals surface area contributed by atoms with Gasteiger partial charge < -0.3 is 28.4 Å². The van der Waals surface area contributed by atoms with Crippen LogP contribution in [0.2, 0.25) is 0 Å². The number of carbonyl (C=O) groups is 1. The Balaban J connectivity index is 2.16. The Labute approximate surface area is 105 Å². The Kier molecular flexibility index (Phi) is 4.52. The third kappa shape index (κ3) is 2.65. The van der Waals surface area contributed by atoms with Crippen LogP contribution in [0.5, 0.6) is 0 Å². The maximum atomic E-state index is 11.1. The number of rotatable bonds is 3. The SMILES string of the molecule is CO[C@@H]1O[C@@H]2COCO[C@@H]2[C@@H](OC)[C@@H]1OC(C)=O. The average Bonchev–Trinajstić information content (AvgIpc) is 2.37. The molecule has 0 aromatic heterocycles. The molecule has 2 aliphatic rings. The van der Waals surface area contributed by atoms with Crippen LogP contribution < -0.4 is 0 Å². The number of fused-ring (bicyclic) bond motifs is 1. The predicted molar refractivity (Wildman–Crippen MR) is 57.7 cm³/mol. The van der Waals surface area contributed by atoms with Gasteiger partial charge in [-0.1, -0.05) is 0 Å². The molecule has 0 aliphatic carbocycles. The highest BCUT2D eigenvalue weighted by atomic mass is 16.8. The van der Waals surface area contributed by atoms with E-state index in [4.69, 9.17) is 28.4 Å². The molecule has 2 fully saturated rings. The molecule has 0 unspecified atom stereocenters. The van der Waals surface area contributed by atoms with Crippen molar-refractivity contribution in [1.29, 1.82) is 0 Å². The van der Waals surface area contributed by atoms with Crippen LogP contribution in [0.3, 0.4) is 0 Å². The third-order valence-electron chi connectivity index (χ3n) is 3.02. The van der Waals surface area contributed by atoms with Crippen molar-refractivity contribution >= 4 is 5.97 Å². The van der Waals surface area contributed by atoms with Gasteiger partial charge in [-0.15, -0.1) is 0 Å². The van der Waals surface area contributed by atoms with Crippen molar-refractivity contribution in [3.05, 3.63) is 0 Å². The summed E-state index contributed by atoms with van der Waals surface area (Å²) in [6.07, 6.45) is -2.41. The van der Waals surface area contributed by atoms with Crippen LogP contribution >= 0.6 is 0 Å². The highest BCUT2D eigenvalue weighted by molar-refractivity contribution is 5.66. The highest BCUT2D eigenvalue weighted by Gasteiger charge is 2.50. The van der Waals surface area contributed by atoms with Crippen molar-refractivity contribution in [3.63, 3.8) is 0 Å². The topological polar surface area (TPSA) is 72.5 Å². The lowest BCUT2D eigenvalue weighted by Crippen LogP contribution is -2.63. The number of methoxy groups -OCH3 is 2. The summed E-state index contributed by atoms with van der Waals surface area (Å²) in [4.78, 5) is 11.1. The van der Waals surface area contributed by atoms with Gasteiger partial charge >= 0.3 is 5.97 Å². The van der Waals surface area contributed by atoms with Gasteiger partial charge in [0.25, 0.3) is 0 Å². The van der Waals surface area contributed by atoms with Crippen molar-refractivity contribution in [3.8, 4) is 0 Å². The summed E-state index contributed by atoms with van der Waals surface area (Å²) in [7, 11) is 3.02. The van der Waals surface area contributed by atoms with Gasteiger partial charge in [-0.05, 0) is 0 Å². The first-order chi connectivity index (χ1) is 8.67. The van der Waals surface area contributed by atoms with E-state index in [1.807, 2.05) is 0 Å². The smallest absolute Gasteiger partial charge is 0.303 e.